The topological polar surface area (TPSA) is 53.9 Å². The Balaban J connectivity index is 1.77. The summed E-state index contributed by atoms with van der Waals surface area (Å²) in [5.74, 6) is -0.712. The third-order valence-electron chi connectivity index (χ3n) is 4.18. The first-order valence-corrected chi connectivity index (χ1v) is 8.23. The molecule has 0 aromatic heterocycles. The maximum Gasteiger partial charge on any atom is 0.418 e. The quantitative estimate of drug-likeness (QED) is 0.868. The fourth-order valence-corrected chi connectivity index (χ4v) is 2.71. The summed E-state index contributed by atoms with van der Waals surface area (Å²) in [4.78, 5) is 19.2. The molecule has 1 aliphatic heterocycles. The molecule has 1 atom stereocenters. The zero-order valence-electron chi connectivity index (χ0n) is 14.7. The molecule has 0 radical (unpaired) electrons. The molecule has 1 aliphatic rings. The predicted octanol–water partition coefficient (Wildman–Crippen LogP) is 4.23. The molecule has 8 heteroatoms. The van der Waals surface area contributed by atoms with E-state index >= 15 is 0 Å². The monoisotopic (exact) mass is 377 g/mol. The van der Waals surface area contributed by atoms with Crippen LogP contribution in [0.2, 0.25) is 0 Å². The molecule has 2 aromatic carbocycles. The lowest BCUT2D eigenvalue weighted by Crippen LogP contribution is -2.24. The van der Waals surface area contributed by atoms with Crippen LogP contribution in [-0.2, 0) is 15.8 Å². The highest BCUT2D eigenvalue weighted by atomic mass is 19.4. The summed E-state index contributed by atoms with van der Waals surface area (Å²) in [6, 6.07) is 12.9. The number of hydrogen-bond donors (Lipinski definition) is 1. The number of nitrogens with zero attached hydrogens (tertiary/aromatic N) is 2. The smallest absolute Gasteiger partial charge is 0.387 e. The first-order valence-electron chi connectivity index (χ1n) is 8.23. The fourth-order valence-electron chi connectivity index (χ4n) is 2.71. The Bertz CT molecular complexity index is 864. The second kappa shape index (κ2) is 7.30. The maximum absolute atomic E-state index is 13.4. The maximum atomic E-state index is 13.4. The average molecular weight is 377 g/mol. The molecule has 0 saturated heterocycles. The minimum Gasteiger partial charge on any atom is -0.387 e. The largest absolute Gasteiger partial charge is 0.418 e. The van der Waals surface area contributed by atoms with E-state index in [0.29, 0.717) is 5.69 Å². The number of rotatable bonds is 4. The number of oxime groups is 1. The van der Waals surface area contributed by atoms with Gasteiger partial charge in [-0.05, 0) is 23.8 Å². The van der Waals surface area contributed by atoms with Gasteiger partial charge < -0.3 is 15.1 Å². The van der Waals surface area contributed by atoms with Crippen molar-refractivity contribution in [3.8, 4) is 0 Å². The summed E-state index contributed by atoms with van der Waals surface area (Å²) >= 11 is 0. The second-order valence-electron chi connectivity index (χ2n) is 6.32. The fraction of sp³-hybridized carbons (Fsp3) is 0.263. The lowest BCUT2D eigenvalue weighted by atomic mass is 10.0. The van der Waals surface area contributed by atoms with E-state index in [1.54, 1.807) is 19.0 Å². The number of carbonyl (C=O) groups is 1. The Kier molecular flexibility index (Phi) is 5.07. The molecule has 1 heterocycles. The van der Waals surface area contributed by atoms with Gasteiger partial charge in [-0.25, -0.2) is 0 Å². The van der Waals surface area contributed by atoms with Crippen LogP contribution in [0.4, 0.5) is 24.5 Å². The van der Waals surface area contributed by atoms with Gasteiger partial charge in [-0.1, -0.05) is 35.5 Å². The van der Waals surface area contributed by atoms with Gasteiger partial charge in [0.1, 0.15) is 5.71 Å². The van der Waals surface area contributed by atoms with Crippen molar-refractivity contribution in [1.82, 2.24) is 0 Å². The second-order valence-corrected chi connectivity index (χ2v) is 6.32. The number of halogens is 3. The third-order valence-corrected chi connectivity index (χ3v) is 4.18. The van der Waals surface area contributed by atoms with E-state index in [9.17, 15) is 18.0 Å². The Morgan fingerprint density at radius 2 is 1.89 bits per heavy atom. The van der Waals surface area contributed by atoms with E-state index in [1.807, 2.05) is 30.3 Å². The van der Waals surface area contributed by atoms with Gasteiger partial charge in [-0.2, -0.15) is 13.2 Å². The number of hydrogen-bond acceptors (Lipinski definition) is 4. The molecule has 2 aromatic rings. The number of carbonyl (C=O) groups excluding carboxylic acids is 1. The van der Waals surface area contributed by atoms with Crippen molar-refractivity contribution < 1.29 is 22.8 Å². The number of anilines is 2. The molecule has 0 saturated carbocycles. The summed E-state index contributed by atoms with van der Waals surface area (Å²) < 4.78 is 40.1. The number of benzene rings is 2. The molecule has 5 nitrogen and oxygen atoms in total. The standard InChI is InChI=1S/C19H18F3N3O2/c1-25(2)13-8-9-15(14(10-13)19(20,21)22)23-18(26)16-11-17(27-24-16)12-6-4-3-5-7-12/h3-10,17H,11H2,1-2H3,(H,23,26). The molecule has 0 fully saturated rings. The van der Waals surface area contributed by atoms with Gasteiger partial charge in [-0.15, -0.1) is 0 Å². The molecule has 27 heavy (non-hydrogen) atoms. The Morgan fingerprint density at radius 3 is 2.52 bits per heavy atom. The van der Waals surface area contributed by atoms with Crippen LogP contribution >= 0.6 is 0 Å². The van der Waals surface area contributed by atoms with Gasteiger partial charge in [0, 0.05) is 26.2 Å². The molecule has 1 N–H and O–H groups in total. The van der Waals surface area contributed by atoms with E-state index in [2.05, 4.69) is 10.5 Å². The molecular formula is C19H18F3N3O2. The number of amides is 1. The zero-order valence-corrected chi connectivity index (χ0v) is 14.7. The number of alkyl halides is 3. The molecule has 3 rings (SSSR count). The van der Waals surface area contributed by atoms with E-state index in [1.165, 1.54) is 12.1 Å². The van der Waals surface area contributed by atoms with Crippen LogP contribution in [0.25, 0.3) is 0 Å². The molecule has 142 valence electrons. The highest BCUT2D eigenvalue weighted by Gasteiger charge is 2.35. The van der Waals surface area contributed by atoms with Gasteiger partial charge in [-0.3, -0.25) is 4.79 Å². The van der Waals surface area contributed by atoms with Gasteiger partial charge in [0.15, 0.2) is 6.10 Å². The summed E-state index contributed by atoms with van der Waals surface area (Å²) in [6.45, 7) is 0. The molecule has 0 spiro atoms. The van der Waals surface area contributed by atoms with Crippen LogP contribution in [0.15, 0.2) is 53.7 Å². The average Bonchev–Trinajstić information content (AvgIpc) is 3.12. The van der Waals surface area contributed by atoms with Crippen molar-refractivity contribution >= 4 is 23.0 Å². The van der Waals surface area contributed by atoms with Gasteiger partial charge in [0.05, 0.1) is 11.3 Å². The van der Waals surface area contributed by atoms with Crippen molar-refractivity contribution in [2.45, 2.75) is 18.7 Å². The summed E-state index contributed by atoms with van der Waals surface area (Å²) in [5, 5.41) is 6.05. The van der Waals surface area contributed by atoms with Gasteiger partial charge in [0.25, 0.3) is 5.91 Å². The van der Waals surface area contributed by atoms with Crippen LogP contribution < -0.4 is 10.2 Å². The van der Waals surface area contributed by atoms with Crippen molar-refractivity contribution in [3.63, 3.8) is 0 Å². The van der Waals surface area contributed by atoms with E-state index in [0.717, 1.165) is 11.6 Å². The van der Waals surface area contributed by atoms with Crippen LogP contribution in [0.5, 0.6) is 0 Å². The van der Waals surface area contributed by atoms with E-state index < -0.39 is 23.8 Å². The molecule has 0 bridgehead atoms. The van der Waals surface area contributed by atoms with E-state index in [4.69, 9.17) is 4.84 Å². The molecule has 0 aliphatic carbocycles. The molecule has 1 amide bonds. The lowest BCUT2D eigenvalue weighted by molar-refractivity contribution is -0.136. The highest BCUT2D eigenvalue weighted by Crippen LogP contribution is 2.37. The van der Waals surface area contributed by atoms with Gasteiger partial charge >= 0.3 is 6.18 Å². The Labute approximate surface area is 154 Å². The highest BCUT2D eigenvalue weighted by molar-refractivity contribution is 6.43. The minimum absolute atomic E-state index is 0.0497. The lowest BCUT2D eigenvalue weighted by Gasteiger charge is -2.18. The normalized spacial score (nSPS) is 16.5. The van der Waals surface area contributed by atoms with Crippen molar-refractivity contribution in [2.24, 2.45) is 5.16 Å². The number of nitrogens with one attached hydrogen (secondary N) is 1. The van der Waals surface area contributed by atoms with Crippen LogP contribution in [0, 0.1) is 0 Å². The minimum atomic E-state index is -4.60. The van der Waals surface area contributed by atoms with E-state index in [-0.39, 0.29) is 17.8 Å². The molecule has 1 unspecified atom stereocenters. The van der Waals surface area contributed by atoms with Crippen LogP contribution in [-0.4, -0.2) is 25.7 Å². The van der Waals surface area contributed by atoms with Crippen molar-refractivity contribution in [2.75, 3.05) is 24.3 Å². The van der Waals surface area contributed by atoms with Crippen molar-refractivity contribution in [3.05, 3.63) is 59.7 Å². The summed E-state index contributed by atoms with van der Waals surface area (Å²) in [6.07, 6.45) is -4.84. The third kappa shape index (κ3) is 4.21. The zero-order chi connectivity index (χ0) is 19.6. The summed E-state index contributed by atoms with van der Waals surface area (Å²) in [7, 11) is 3.28. The van der Waals surface area contributed by atoms with Crippen LogP contribution in [0.1, 0.15) is 23.7 Å². The van der Waals surface area contributed by atoms with Gasteiger partial charge in [0.2, 0.25) is 0 Å². The predicted molar refractivity (Wildman–Crippen MR) is 96.7 cm³/mol. The van der Waals surface area contributed by atoms with Crippen LogP contribution in [0.3, 0.4) is 0 Å². The Morgan fingerprint density at radius 1 is 1.19 bits per heavy atom. The molecular weight excluding hydrogens is 359 g/mol. The first-order chi connectivity index (χ1) is 12.8. The summed E-state index contributed by atoms with van der Waals surface area (Å²) in [5.41, 5.74) is 0.0418. The van der Waals surface area contributed by atoms with Crippen molar-refractivity contribution in [1.29, 1.82) is 0 Å². The Hall–Kier alpha value is -3.03. The SMILES string of the molecule is CN(C)c1ccc(NC(=O)C2=NOC(c3ccccc3)C2)c(C(F)(F)F)c1. The first kappa shape index (κ1) is 18.8.